The number of anilines is 2. The molecule has 0 aromatic heterocycles. The van der Waals surface area contributed by atoms with Crippen LogP contribution in [0.1, 0.15) is 13.3 Å². The molecule has 1 aliphatic rings. The van der Waals surface area contributed by atoms with Crippen molar-refractivity contribution >= 4 is 23.2 Å². The molecule has 0 radical (unpaired) electrons. The number of carbonyl (C=O) groups excluding carboxylic acids is 2. The van der Waals surface area contributed by atoms with Gasteiger partial charge in [0.2, 0.25) is 11.8 Å². The second kappa shape index (κ2) is 5.77. The third-order valence-electron chi connectivity index (χ3n) is 3.30. The van der Waals surface area contributed by atoms with Crippen LogP contribution in [0.3, 0.4) is 0 Å². The molecule has 1 fully saturated rings. The van der Waals surface area contributed by atoms with Gasteiger partial charge in [-0.15, -0.1) is 6.58 Å². The number of hydrogen-bond acceptors (Lipinski definition) is 3. The van der Waals surface area contributed by atoms with Gasteiger partial charge in [0.1, 0.15) is 5.75 Å². The fourth-order valence-electron chi connectivity index (χ4n) is 2.28. The van der Waals surface area contributed by atoms with E-state index in [1.165, 1.54) is 14.0 Å². The second-order valence-electron chi connectivity index (χ2n) is 4.77. The predicted octanol–water partition coefficient (Wildman–Crippen LogP) is 2.19. The van der Waals surface area contributed by atoms with E-state index in [1.54, 1.807) is 29.2 Å². The van der Waals surface area contributed by atoms with Gasteiger partial charge in [0.05, 0.1) is 12.8 Å². The lowest BCUT2D eigenvalue weighted by atomic mass is 10.1. The number of amides is 2. The summed E-state index contributed by atoms with van der Waals surface area (Å²) < 4.78 is 5.26. The van der Waals surface area contributed by atoms with Crippen molar-refractivity contribution in [3.8, 4) is 5.75 Å². The summed E-state index contributed by atoms with van der Waals surface area (Å²) in [4.78, 5) is 24.8. The smallest absolute Gasteiger partial charge is 0.227 e. The van der Waals surface area contributed by atoms with Crippen LogP contribution in [0.5, 0.6) is 5.75 Å². The molecule has 0 spiro atoms. The summed E-state index contributed by atoms with van der Waals surface area (Å²) in [5.41, 5.74) is 1.36. The van der Waals surface area contributed by atoms with E-state index in [4.69, 9.17) is 4.74 Å². The summed E-state index contributed by atoms with van der Waals surface area (Å²) in [6, 6.07) is 5.30. The molecule has 20 heavy (non-hydrogen) atoms. The molecule has 1 N–H and O–H groups in total. The minimum atomic E-state index is -0.167. The van der Waals surface area contributed by atoms with Crippen LogP contribution in [0.25, 0.3) is 0 Å². The van der Waals surface area contributed by atoms with Gasteiger partial charge in [0.25, 0.3) is 0 Å². The number of nitrogens with one attached hydrogen (secondary N) is 1. The Kier molecular flexibility index (Phi) is 4.08. The van der Waals surface area contributed by atoms with Crippen molar-refractivity contribution in [2.75, 3.05) is 23.9 Å². The first-order valence-corrected chi connectivity index (χ1v) is 6.43. The maximum Gasteiger partial charge on any atom is 0.227 e. The minimum Gasteiger partial charge on any atom is -0.494 e. The maximum atomic E-state index is 12.0. The van der Waals surface area contributed by atoms with Crippen molar-refractivity contribution in [3.63, 3.8) is 0 Å². The molecule has 0 bridgehead atoms. The highest BCUT2D eigenvalue weighted by molar-refractivity contribution is 5.97. The number of benzene rings is 1. The van der Waals surface area contributed by atoms with Crippen molar-refractivity contribution < 1.29 is 14.3 Å². The zero-order valence-electron chi connectivity index (χ0n) is 11.7. The zero-order chi connectivity index (χ0) is 14.7. The third-order valence-corrected chi connectivity index (χ3v) is 3.30. The molecule has 106 valence electrons. The number of hydrogen-bond donors (Lipinski definition) is 1. The summed E-state index contributed by atoms with van der Waals surface area (Å²) in [6.45, 7) is 5.80. The first-order chi connectivity index (χ1) is 9.55. The topological polar surface area (TPSA) is 58.6 Å². The van der Waals surface area contributed by atoms with Gasteiger partial charge in [0.15, 0.2) is 0 Å². The van der Waals surface area contributed by atoms with Gasteiger partial charge in [-0.2, -0.15) is 0 Å². The average Bonchev–Trinajstić information content (AvgIpc) is 2.80. The minimum absolute atomic E-state index is 0.0734. The van der Waals surface area contributed by atoms with E-state index in [9.17, 15) is 9.59 Å². The molecule has 1 aliphatic heterocycles. The maximum absolute atomic E-state index is 12.0. The summed E-state index contributed by atoms with van der Waals surface area (Å²) in [6.07, 6.45) is 2.29. The van der Waals surface area contributed by atoms with Crippen molar-refractivity contribution in [3.05, 3.63) is 30.9 Å². The van der Waals surface area contributed by atoms with Crippen LogP contribution in [-0.4, -0.2) is 25.5 Å². The lowest BCUT2D eigenvalue weighted by Crippen LogP contribution is -2.24. The lowest BCUT2D eigenvalue weighted by molar-refractivity contribution is -0.117. The van der Waals surface area contributed by atoms with Crippen molar-refractivity contribution in [2.24, 2.45) is 5.92 Å². The quantitative estimate of drug-likeness (QED) is 0.856. The Morgan fingerprint density at radius 2 is 2.30 bits per heavy atom. The van der Waals surface area contributed by atoms with E-state index in [0.29, 0.717) is 24.4 Å². The van der Waals surface area contributed by atoms with Crippen LogP contribution in [0.4, 0.5) is 11.4 Å². The Morgan fingerprint density at radius 3 is 2.85 bits per heavy atom. The van der Waals surface area contributed by atoms with Gasteiger partial charge in [-0.25, -0.2) is 0 Å². The molecular formula is C15H18N2O3. The number of rotatable bonds is 4. The third kappa shape index (κ3) is 2.82. The van der Waals surface area contributed by atoms with Crippen LogP contribution < -0.4 is 15.0 Å². The standard InChI is InChI=1S/C15H18N2O3/c1-4-11-7-15(19)17(9-11)12-5-6-13(16-10(2)18)14(8-12)20-3/h4-6,8,11H,1,7,9H2,2-3H3,(H,16,18). The molecular weight excluding hydrogens is 256 g/mol. The van der Waals surface area contributed by atoms with Crippen LogP contribution in [-0.2, 0) is 9.59 Å². The van der Waals surface area contributed by atoms with Crippen LogP contribution in [0, 0.1) is 5.92 Å². The summed E-state index contributed by atoms with van der Waals surface area (Å²) in [5.74, 6) is 0.625. The SMILES string of the molecule is C=CC1CC(=O)N(c2ccc(NC(C)=O)c(OC)c2)C1. The van der Waals surface area contributed by atoms with E-state index in [-0.39, 0.29) is 17.7 Å². The van der Waals surface area contributed by atoms with Gasteiger partial charge >= 0.3 is 0 Å². The van der Waals surface area contributed by atoms with Gasteiger partial charge in [-0.1, -0.05) is 6.08 Å². The highest BCUT2D eigenvalue weighted by Gasteiger charge is 2.29. The Hall–Kier alpha value is -2.30. The molecule has 1 unspecified atom stereocenters. The summed E-state index contributed by atoms with van der Waals surface area (Å²) in [5, 5.41) is 2.69. The van der Waals surface area contributed by atoms with E-state index >= 15 is 0 Å². The fourth-order valence-corrected chi connectivity index (χ4v) is 2.28. The molecule has 0 aliphatic carbocycles. The van der Waals surface area contributed by atoms with E-state index in [1.807, 2.05) is 0 Å². The van der Waals surface area contributed by atoms with Crippen LogP contribution in [0.15, 0.2) is 30.9 Å². The van der Waals surface area contributed by atoms with E-state index in [2.05, 4.69) is 11.9 Å². The van der Waals surface area contributed by atoms with Crippen LogP contribution in [0.2, 0.25) is 0 Å². The molecule has 1 aromatic carbocycles. The molecule has 2 rings (SSSR count). The lowest BCUT2D eigenvalue weighted by Gasteiger charge is -2.18. The largest absolute Gasteiger partial charge is 0.494 e. The molecule has 1 heterocycles. The van der Waals surface area contributed by atoms with Crippen molar-refractivity contribution in [2.45, 2.75) is 13.3 Å². The first-order valence-electron chi connectivity index (χ1n) is 6.43. The monoisotopic (exact) mass is 274 g/mol. The molecule has 1 aromatic rings. The Balaban J connectivity index is 2.27. The van der Waals surface area contributed by atoms with Gasteiger partial charge < -0.3 is 15.0 Å². The molecule has 5 heteroatoms. The van der Waals surface area contributed by atoms with Gasteiger partial charge in [-0.05, 0) is 12.1 Å². The Labute approximate surface area is 118 Å². The zero-order valence-corrected chi connectivity index (χ0v) is 11.7. The Bertz CT molecular complexity index is 554. The second-order valence-corrected chi connectivity index (χ2v) is 4.77. The average molecular weight is 274 g/mol. The highest BCUT2D eigenvalue weighted by atomic mass is 16.5. The number of carbonyl (C=O) groups is 2. The predicted molar refractivity (Wildman–Crippen MR) is 78.0 cm³/mol. The number of methoxy groups -OCH3 is 1. The molecule has 0 saturated carbocycles. The fraction of sp³-hybridized carbons (Fsp3) is 0.333. The number of nitrogens with zero attached hydrogens (tertiary/aromatic N) is 1. The normalized spacial score (nSPS) is 18.0. The number of ether oxygens (including phenoxy) is 1. The van der Waals surface area contributed by atoms with E-state index < -0.39 is 0 Å². The molecule has 1 atom stereocenters. The van der Waals surface area contributed by atoms with Crippen molar-refractivity contribution in [1.29, 1.82) is 0 Å². The summed E-state index contributed by atoms with van der Waals surface area (Å²) in [7, 11) is 1.53. The molecule has 2 amide bonds. The summed E-state index contributed by atoms with van der Waals surface area (Å²) >= 11 is 0. The first kappa shape index (κ1) is 14.1. The molecule has 1 saturated heterocycles. The van der Waals surface area contributed by atoms with Crippen molar-refractivity contribution in [1.82, 2.24) is 0 Å². The highest BCUT2D eigenvalue weighted by Crippen LogP contribution is 2.33. The Morgan fingerprint density at radius 1 is 1.55 bits per heavy atom. The van der Waals surface area contributed by atoms with Crippen LogP contribution >= 0.6 is 0 Å². The van der Waals surface area contributed by atoms with E-state index in [0.717, 1.165) is 5.69 Å². The van der Waals surface area contributed by atoms with Gasteiger partial charge in [0, 0.05) is 37.6 Å². The molecule has 5 nitrogen and oxygen atoms in total. The van der Waals surface area contributed by atoms with Gasteiger partial charge in [-0.3, -0.25) is 9.59 Å².